The number of nitrogens with one attached hydrogen (secondary N) is 1. The van der Waals surface area contributed by atoms with Gasteiger partial charge in [-0.25, -0.2) is 4.98 Å². The quantitative estimate of drug-likeness (QED) is 0.790. The van der Waals surface area contributed by atoms with Crippen molar-refractivity contribution in [3.63, 3.8) is 0 Å². The van der Waals surface area contributed by atoms with Gasteiger partial charge in [-0.2, -0.15) is 0 Å². The molecule has 1 saturated heterocycles. The second-order valence-corrected chi connectivity index (χ2v) is 4.51. The molecule has 0 aliphatic carbocycles. The van der Waals surface area contributed by atoms with Crippen LogP contribution in [-0.4, -0.2) is 22.5 Å². The van der Waals surface area contributed by atoms with Crippen molar-refractivity contribution in [2.24, 2.45) is 0 Å². The molecule has 1 aliphatic heterocycles. The minimum atomic E-state index is 0.562. The minimum Gasteiger partial charge on any atom is -0.316 e. The number of hydrogen-bond donors (Lipinski definition) is 1. The van der Waals surface area contributed by atoms with Crippen LogP contribution in [0.25, 0.3) is 5.52 Å². The molecule has 0 amide bonds. The molecular formula is C13H17N3. The van der Waals surface area contributed by atoms with Gasteiger partial charge in [0.1, 0.15) is 5.82 Å². The Kier molecular flexibility index (Phi) is 2.62. The van der Waals surface area contributed by atoms with E-state index >= 15 is 0 Å². The van der Waals surface area contributed by atoms with E-state index in [-0.39, 0.29) is 0 Å². The second-order valence-electron chi connectivity index (χ2n) is 4.51. The molecule has 1 unspecified atom stereocenters. The molecule has 1 N–H and O–H groups in total. The van der Waals surface area contributed by atoms with E-state index < -0.39 is 0 Å². The van der Waals surface area contributed by atoms with Crippen LogP contribution in [0.4, 0.5) is 0 Å². The van der Waals surface area contributed by atoms with Gasteiger partial charge in [0, 0.05) is 18.7 Å². The van der Waals surface area contributed by atoms with Crippen molar-refractivity contribution in [2.45, 2.75) is 25.2 Å². The third-order valence-corrected chi connectivity index (χ3v) is 3.38. The van der Waals surface area contributed by atoms with Crippen molar-refractivity contribution in [3.8, 4) is 0 Å². The lowest BCUT2D eigenvalue weighted by Gasteiger charge is -2.12. The standard InChI is InChI=1S/C13H17N3/c1-3-7-14-9-11(5-1)13-15-10-12-6-2-4-8-16(12)13/h2,4,6,8,10-11,14H,1,3,5,7,9H2. The van der Waals surface area contributed by atoms with Gasteiger partial charge in [0.15, 0.2) is 0 Å². The summed E-state index contributed by atoms with van der Waals surface area (Å²) in [5, 5.41) is 3.50. The molecule has 1 fully saturated rings. The number of aromatic nitrogens is 2. The molecule has 84 valence electrons. The Morgan fingerprint density at radius 3 is 3.31 bits per heavy atom. The first-order chi connectivity index (χ1) is 7.95. The fourth-order valence-corrected chi connectivity index (χ4v) is 2.51. The van der Waals surface area contributed by atoms with Crippen molar-refractivity contribution in [1.29, 1.82) is 0 Å². The van der Waals surface area contributed by atoms with E-state index in [0.29, 0.717) is 5.92 Å². The molecule has 2 aromatic heterocycles. The summed E-state index contributed by atoms with van der Waals surface area (Å²) in [7, 11) is 0. The summed E-state index contributed by atoms with van der Waals surface area (Å²) in [6.45, 7) is 2.22. The molecule has 2 aromatic rings. The van der Waals surface area contributed by atoms with Crippen LogP contribution in [0.1, 0.15) is 31.0 Å². The summed E-state index contributed by atoms with van der Waals surface area (Å²) in [6, 6.07) is 6.25. The Labute approximate surface area is 95.5 Å². The van der Waals surface area contributed by atoms with Crippen LogP contribution in [0.3, 0.4) is 0 Å². The highest BCUT2D eigenvalue weighted by atomic mass is 15.0. The van der Waals surface area contributed by atoms with Crippen LogP contribution in [0.5, 0.6) is 0 Å². The number of pyridine rings is 1. The predicted octanol–water partition coefficient (Wildman–Crippen LogP) is 2.19. The highest BCUT2D eigenvalue weighted by Crippen LogP contribution is 2.23. The third kappa shape index (κ3) is 1.71. The van der Waals surface area contributed by atoms with Crippen molar-refractivity contribution >= 4 is 5.52 Å². The SMILES string of the molecule is c1ccn2c(C3CCCCNC3)ncc2c1. The first-order valence-electron chi connectivity index (χ1n) is 6.08. The van der Waals surface area contributed by atoms with Crippen LogP contribution < -0.4 is 5.32 Å². The summed E-state index contributed by atoms with van der Waals surface area (Å²) in [4.78, 5) is 4.58. The van der Waals surface area contributed by atoms with E-state index in [1.807, 2.05) is 6.20 Å². The zero-order valence-corrected chi connectivity index (χ0v) is 9.39. The Bertz CT molecular complexity index is 467. The topological polar surface area (TPSA) is 29.3 Å². The highest BCUT2D eigenvalue weighted by Gasteiger charge is 2.18. The van der Waals surface area contributed by atoms with Crippen LogP contribution in [0, 0.1) is 0 Å². The molecule has 1 atom stereocenters. The van der Waals surface area contributed by atoms with Crippen LogP contribution in [0.2, 0.25) is 0 Å². The summed E-state index contributed by atoms with van der Waals surface area (Å²) >= 11 is 0. The number of fused-ring (bicyclic) bond motifs is 1. The van der Waals surface area contributed by atoms with Gasteiger partial charge in [0.2, 0.25) is 0 Å². The lowest BCUT2D eigenvalue weighted by atomic mass is 10.0. The minimum absolute atomic E-state index is 0.562. The summed E-state index contributed by atoms with van der Waals surface area (Å²) in [5.74, 6) is 1.78. The van der Waals surface area contributed by atoms with Gasteiger partial charge in [-0.1, -0.05) is 12.5 Å². The Balaban J connectivity index is 1.97. The normalized spacial score (nSPS) is 22.1. The Morgan fingerprint density at radius 2 is 2.31 bits per heavy atom. The fraction of sp³-hybridized carbons (Fsp3) is 0.462. The maximum atomic E-state index is 4.58. The molecule has 0 radical (unpaired) electrons. The van der Waals surface area contributed by atoms with Crippen LogP contribution >= 0.6 is 0 Å². The molecule has 0 aromatic carbocycles. The summed E-state index contributed by atoms with van der Waals surface area (Å²) in [5.41, 5.74) is 1.20. The van der Waals surface area contributed by atoms with E-state index in [9.17, 15) is 0 Å². The number of hydrogen-bond acceptors (Lipinski definition) is 2. The maximum Gasteiger partial charge on any atom is 0.117 e. The molecule has 0 spiro atoms. The molecule has 16 heavy (non-hydrogen) atoms. The van der Waals surface area contributed by atoms with Gasteiger partial charge in [0.05, 0.1) is 11.7 Å². The number of nitrogens with zero attached hydrogens (tertiary/aromatic N) is 2. The lowest BCUT2D eigenvalue weighted by Crippen LogP contribution is -2.20. The van der Waals surface area contributed by atoms with E-state index in [1.165, 1.54) is 30.6 Å². The highest BCUT2D eigenvalue weighted by molar-refractivity contribution is 5.45. The molecule has 0 saturated carbocycles. The molecular weight excluding hydrogens is 198 g/mol. The first-order valence-corrected chi connectivity index (χ1v) is 6.08. The van der Waals surface area contributed by atoms with Crippen molar-refractivity contribution in [2.75, 3.05) is 13.1 Å². The van der Waals surface area contributed by atoms with Gasteiger partial charge in [-0.15, -0.1) is 0 Å². The van der Waals surface area contributed by atoms with E-state index in [1.54, 1.807) is 0 Å². The summed E-state index contributed by atoms with van der Waals surface area (Å²) < 4.78 is 2.22. The number of rotatable bonds is 1. The molecule has 1 aliphatic rings. The first kappa shape index (κ1) is 9.85. The smallest absolute Gasteiger partial charge is 0.117 e. The molecule has 0 bridgehead atoms. The average molecular weight is 215 g/mol. The van der Waals surface area contributed by atoms with Gasteiger partial charge in [-0.3, -0.25) is 0 Å². The molecule has 3 heteroatoms. The van der Waals surface area contributed by atoms with E-state index in [0.717, 1.165) is 13.1 Å². The zero-order valence-electron chi connectivity index (χ0n) is 9.39. The van der Waals surface area contributed by atoms with Crippen LogP contribution in [0.15, 0.2) is 30.6 Å². The van der Waals surface area contributed by atoms with Gasteiger partial charge in [0.25, 0.3) is 0 Å². The van der Waals surface area contributed by atoms with Gasteiger partial charge in [-0.05, 0) is 31.5 Å². The van der Waals surface area contributed by atoms with Gasteiger partial charge >= 0.3 is 0 Å². The summed E-state index contributed by atoms with van der Waals surface area (Å²) in [6.07, 6.45) is 7.93. The largest absolute Gasteiger partial charge is 0.316 e. The molecule has 3 rings (SSSR count). The monoisotopic (exact) mass is 215 g/mol. The van der Waals surface area contributed by atoms with Crippen molar-refractivity contribution in [1.82, 2.24) is 14.7 Å². The Hall–Kier alpha value is -1.35. The fourth-order valence-electron chi connectivity index (χ4n) is 2.51. The predicted molar refractivity (Wildman–Crippen MR) is 64.7 cm³/mol. The maximum absolute atomic E-state index is 4.58. The third-order valence-electron chi connectivity index (χ3n) is 3.38. The van der Waals surface area contributed by atoms with Crippen molar-refractivity contribution < 1.29 is 0 Å². The average Bonchev–Trinajstić information content (AvgIpc) is 2.57. The lowest BCUT2D eigenvalue weighted by molar-refractivity contribution is 0.576. The second kappa shape index (κ2) is 4.26. The van der Waals surface area contributed by atoms with Gasteiger partial charge < -0.3 is 9.72 Å². The van der Waals surface area contributed by atoms with E-state index in [4.69, 9.17) is 0 Å². The Morgan fingerprint density at radius 1 is 1.31 bits per heavy atom. The van der Waals surface area contributed by atoms with Crippen molar-refractivity contribution in [3.05, 3.63) is 36.4 Å². The number of imidazole rings is 1. The van der Waals surface area contributed by atoms with Crippen LogP contribution in [-0.2, 0) is 0 Å². The molecule has 3 nitrogen and oxygen atoms in total. The zero-order chi connectivity index (χ0) is 10.8. The molecule has 3 heterocycles. The van der Waals surface area contributed by atoms with E-state index in [2.05, 4.69) is 39.1 Å².